The summed E-state index contributed by atoms with van der Waals surface area (Å²) in [6.07, 6.45) is 1.81. The summed E-state index contributed by atoms with van der Waals surface area (Å²) >= 11 is 1.71. The quantitative estimate of drug-likeness (QED) is 0.778. The predicted molar refractivity (Wildman–Crippen MR) is 66.4 cm³/mol. The molecule has 2 heterocycles. The topological polar surface area (TPSA) is 31.4 Å². The third kappa shape index (κ3) is 2.36. The largest absolute Gasteiger partial charge is 0.454 e. The highest BCUT2D eigenvalue weighted by atomic mass is 32.2. The minimum atomic E-state index is 0.326. The maximum absolute atomic E-state index is 5.34. The van der Waals surface area contributed by atoms with Crippen LogP contribution in [0, 0.1) is 0 Å². The Morgan fingerprint density at radius 1 is 1.12 bits per heavy atom. The Morgan fingerprint density at radius 3 is 2.94 bits per heavy atom. The summed E-state index contributed by atoms with van der Waals surface area (Å²) in [6.45, 7) is 0.326. The number of rotatable bonds is 3. The molecule has 0 unspecified atom stereocenters. The molecule has 0 bridgehead atoms. The average Bonchev–Trinajstić information content (AvgIpc) is 2.85. The lowest BCUT2D eigenvalue weighted by atomic mass is 10.2. The maximum Gasteiger partial charge on any atom is 0.231 e. The van der Waals surface area contributed by atoms with Crippen LogP contribution in [0.25, 0.3) is 0 Å². The van der Waals surface area contributed by atoms with Crippen LogP contribution in [0.5, 0.6) is 11.5 Å². The summed E-state index contributed by atoms with van der Waals surface area (Å²) in [5, 5.41) is 1.03. The molecule has 86 valence electrons. The van der Waals surface area contributed by atoms with E-state index >= 15 is 0 Å². The van der Waals surface area contributed by atoms with Crippen LogP contribution in [0.1, 0.15) is 5.56 Å². The fourth-order valence-corrected chi connectivity index (χ4v) is 2.42. The van der Waals surface area contributed by atoms with Gasteiger partial charge in [-0.1, -0.05) is 12.1 Å². The van der Waals surface area contributed by atoms with E-state index < -0.39 is 0 Å². The molecule has 3 rings (SSSR count). The van der Waals surface area contributed by atoms with Gasteiger partial charge in [0.15, 0.2) is 11.5 Å². The number of pyridine rings is 1. The molecule has 3 nitrogen and oxygen atoms in total. The second-order valence-corrected chi connectivity index (χ2v) is 4.64. The molecule has 0 N–H and O–H groups in total. The summed E-state index contributed by atoms with van der Waals surface area (Å²) in [7, 11) is 0. The second-order valence-electron chi connectivity index (χ2n) is 3.64. The van der Waals surface area contributed by atoms with Crippen molar-refractivity contribution in [2.75, 3.05) is 6.79 Å². The van der Waals surface area contributed by atoms with Gasteiger partial charge < -0.3 is 9.47 Å². The summed E-state index contributed by atoms with van der Waals surface area (Å²) in [4.78, 5) is 4.27. The molecule has 0 saturated heterocycles. The van der Waals surface area contributed by atoms with Gasteiger partial charge >= 0.3 is 0 Å². The fourth-order valence-electron chi connectivity index (χ4n) is 1.62. The zero-order valence-electron chi connectivity index (χ0n) is 9.13. The van der Waals surface area contributed by atoms with Gasteiger partial charge in [0.25, 0.3) is 0 Å². The summed E-state index contributed by atoms with van der Waals surface area (Å²) in [5.41, 5.74) is 1.21. The van der Waals surface area contributed by atoms with Gasteiger partial charge in [-0.05, 0) is 29.8 Å². The van der Waals surface area contributed by atoms with E-state index in [2.05, 4.69) is 11.1 Å². The molecule has 1 aromatic heterocycles. The van der Waals surface area contributed by atoms with E-state index in [4.69, 9.17) is 9.47 Å². The minimum absolute atomic E-state index is 0.326. The molecule has 1 aliphatic rings. The first-order valence-corrected chi connectivity index (χ1v) is 6.33. The number of aromatic nitrogens is 1. The molecular formula is C13H11NO2S. The van der Waals surface area contributed by atoms with E-state index in [0.717, 1.165) is 22.3 Å². The van der Waals surface area contributed by atoms with Gasteiger partial charge in [0.05, 0.1) is 5.03 Å². The van der Waals surface area contributed by atoms with Gasteiger partial charge in [-0.15, -0.1) is 11.8 Å². The lowest BCUT2D eigenvalue weighted by Crippen LogP contribution is -1.92. The SMILES string of the molecule is c1ccc(SCc2ccc3c(c2)OCO3)nc1. The maximum atomic E-state index is 5.34. The predicted octanol–water partition coefficient (Wildman–Crippen LogP) is 3.10. The lowest BCUT2D eigenvalue weighted by molar-refractivity contribution is 0.174. The van der Waals surface area contributed by atoms with Crippen LogP contribution in [0.15, 0.2) is 47.6 Å². The van der Waals surface area contributed by atoms with E-state index in [1.165, 1.54) is 5.56 Å². The number of hydrogen-bond donors (Lipinski definition) is 0. The van der Waals surface area contributed by atoms with Gasteiger partial charge in [-0.2, -0.15) is 0 Å². The van der Waals surface area contributed by atoms with Gasteiger partial charge in [0.1, 0.15) is 0 Å². The highest BCUT2D eigenvalue weighted by molar-refractivity contribution is 7.98. The van der Waals surface area contributed by atoms with Crippen LogP contribution in [0.2, 0.25) is 0 Å². The van der Waals surface area contributed by atoms with Crippen molar-refractivity contribution >= 4 is 11.8 Å². The van der Waals surface area contributed by atoms with Crippen molar-refractivity contribution in [2.24, 2.45) is 0 Å². The zero-order chi connectivity index (χ0) is 11.5. The molecule has 1 aromatic carbocycles. The van der Waals surface area contributed by atoms with Gasteiger partial charge in [0, 0.05) is 11.9 Å². The lowest BCUT2D eigenvalue weighted by Gasteiger charge is -2.02. The third-order valence-electron chi connectivity index (χ3n) is 2.46. The number of nitrogens with zero attached hydrogens (tertiary/aromatic N) is 1. The molecule has 4 heteroatoms. The van der Waals surface area contributed by atoms with E-state index in [-0.39, 0.29) is 0 Å². The van der Waals surface area contributed by atoms with Crippen molar-refractivity contribution in [3.8, 4) is 11.5 Å². The first kappa shape index (κ1) is 10.5. The van der Waals surface area contributed by atoms with E-state index in [1.807, 2.05) is 36.5 Å². The van der Waals surface area contributed by atoms with E-state index in [1.54, 1.807) is 11.8 Å². The zero-order valence-corrected chi connectivity index (χ0v) is 9.94. The summed E-state index contributed by atoms with van der Waals surface area (Å²) in [6, 6.07) is 12.0. The van der Waals surface area contributed by atoms with Crippen LogP contribution in [0.4, 0.5) is 0 Å². The molecular weight excluding hydrogens is 234 g/mol. The van der Waals surface area contributed by atoms with Crippen LogP contribution >= 0.6 is 11.8 Å². The standard InChI is InChI=1S/C13H11NO2S/c1-2-6-14-13(3-1)17-8-10-4-5-11-12(7-10)16-9-15-11/h1-7H,8-9H2. The molecule has 0 amide bonds. The molecule has 0 saturated carbocycles. The number of thioether (sulfide) groups is 1. The van der Waals surface area contributed by atoms with Crippen molar-refractivity contribution in [3.63, 3.8) is 0 Å². The fraction of sp³-hybridized carbons (Fsp3) is 0.154. The molecule has 0 radical (unpaired) electrons. The van der Waals surface area contributed by atoms with Crippen molar-refractivity contribution in [1.29, 1.82) is 0 Å². The molecule has 0 atom stereocenters. The summed E-state index contributed by atoms with van der Waals surface area (Å²) < 4.78 is 10.6. The number of benzene rings is 1. The Balaban J connectivity index is 1.70. The Bertz CT molecular complexity index is 516. The highest BCUT2D eigenvalue weighted by Gasteiger charge is 2.13. The highest BCUT2D eigenvalue weighted by Crippen LogP contribution is 2.34. The number of hydrogen-bond acceptors (Lipinski definition) is 4. The smallest absolute Gasteiger partial charge is 0.231 e. The second kappa shape index (κ2) is 4.67. The van der Waals surface area contributed by atoms with Gasteiger partial charge in [-0.3, -0.25) is 0 Å². The molecule has 0 spiro atoms. The van der Waals surface area contributed by atoms with Gasteiger partial charge in [-0.25, -0.2) is 4.98 Å². The third-order valence-corrected chi connectivity index (χ3v) is 3.48. The molecule has 2 aromatic rings. The number of ether oxygens (including phenoxy) is 2. The van der Waals surface area contributed by atoms with Crippen LogP contribution in [0.3, 0.4) is 0 Å². The Morgan fingerprint density at radius 2 is 2.06 bits per heavy atom. The molecule has 0 aliphatic carbocycles. The first-order valence-electron chi connectivity index (χ1n) is 5.34. The number of fused-ring (bicyclic) bond motifs is 1. The Labute approximate surface area is 104 Å². The monoisotopic (exact) mass is 245 g/mol. The Hall–Kier alpha value is -1.68. The van der Waals surface area contributed by atoms with E-state index in [0.29, 0.717) is 6.79 Å². The Kier molecular flexibility index (Phi) is 2.88. The van der Waals surface area contributed by atoms with Crippen molar-refractivity contribution < 1.29 is 9.47 Å². The van der Waals surface area contributed by atoms with Crippen LogP contribution in [-0.4, -0.2) is 11.8 Å². The van der Waals surface area contributed by atoms with Crippen molar-refractivity contribution in [2.45, 2.75) is 10.8 Å². The van der Waals surface area contributed by atoms with Crippen LogP contribution < -0.4 is 9.47 Å². The first-order chi connectivity index (χ1) is 8.42. The van der Waals surface area contributed by atoms with Gasteiger partial charge in [0.2, 0.25) is 6.79 Å². The molecule has 1 aliphatic heterocycles. The molecule has 0 fully saturated rings. The minimum Gasteiger partial charge on any atom is -0.454 e. The van der Waals surface area contributed by atoms with Crippen LogP contribution in [-0.2, 0) is 5.75 Å². The summed E-state index contributed by atoms with van der Waals surface area (Å²) in [5.74, 6) is 2.55. The van der Waals surface area contributed by atoms with Crippen molar-refractivity contribution in [3.05, 3.63) is 48.2 Å². The normalized spacial score (nSPS) is 12.7. The van der Waals surface area contributed by atoms with E-state index in [9.17, 15) is 0 Å². The van der Waals surface area contributed by atoms with Crippen molar-refractivity contribution in [1.82, 2.24) is 4.98 Å². The average molecular weight is 245 g/mol. The molecule has 17 heavy (non-hydrogen) atoms.